The van der Waals surface area contributed by atoms with Crippen molar-refractivity contribution in [2.24, 2.45) is 5.92 Å². The molecule has 2 atom stereocenters. The monoisotopic (exact) mass is 344 g/mol. The molecular formula is C19H24N2O4. The van der Waals surface area contributed by atoms with E-state index in [0.717, 1.165) is 25.7 Å². The highest BCUT2D eigenvalue weighted by Gasteiger charge is 2.37. The van der Waals surface area contributed by atoms with Crippen molar-refractivity contribution in [1.82, 2.24) is 4.90 Å². The predicted octanol–water partition coefficient (Wildman–Crippen LogP) is 2.84. The van der Waals surface area contributed by atoms with Gasteiger partial charge in [-0.05, 0) is 37.5 Å². The van der Waals surface area contributed by atoms with Gasteiger partial charge in [-0.3, -0.25) is 19.3 Å². The van der Waals surface area contributed by atoms with Crippen LogP contribution in [0.4, 0.5) is 5.69 Å². The summed E-state index contributed by atoms with van der Waals surface area (Å²) >= 11 is 0. The Bertz CT molecular complexity index is 695. The van der Waals surface area contributed by atoms with E-state index in [1.54, 1.807) is 18.2 Å². The van der Waals surface area contributed by atoms with Gasteiger partial charge in [0, 0.05) is 18.2 Å². The topological polar surface area (TPSA) is 75.7 Å². The van der Waals surface area contributed by atoms with Crippen LogP contribution >= 0.6 is 0 Å². The minimum Gasteiger partial charge on any atom is -0.376 e. The van der Waals surface area contributed by atoms with Gasteiger partial charge in [-0.25, -0.2) is 0 Å². The van der Waals surface area contributed by atoms with Crippen LogP contribution in [-0.2, 0) is 9.53 Å². The van der Waals surface area contributed by atoms with Crippen molar-refractivity contribution in [3.05, 3.63) is 29.3 Å². The summed E-state index contributed by atoms with van der Waals surface area (Å²) in [4.78, 5) is 38.5. The fourth-order valence-corrected chi connectivity index (χ4v) is 3.36. The second-order valence-electron chi connectivity index (χ2n) is 6.80. The number of anilines is 1. The molecule has 3 rings (SSSR count). The minimum absolute atomic E-state index is 0.0729. The van der Waals surface area contributed by atoms with E-state index in [4.69, 9.17) is 4.74 Å². The van der Waals surface area contributed by atoms with Crippen LogP contribution in [0.5, 0.6) is 0 Å². The normalized spacial score (nSPS) is 20.7. The highest BCUT2D eigenvalue weighted by Crippen LogP contribution is 2.27. The van der Waals surface area contributed by atoms with E-state index in [0.29, 0.717) is 30.0 Å². The summed E-state index contributed by atoms with van der Waals surface area (Å²) in [5.74, 6) is -0.762. The van der Waals surface area contributed by atoms with E-state index in [1.807, 2.05) is 13.8 Å². The third-order valence-electron chi connectivity index (χ3n) is 4.82. The molecule has 1 saturated heterocycles. The lowest BCUT2D eigenvalue weighted by molar-refractivity contribution is -0.119. The van der Waals surface area contributed by atoms with E-state index in [9.17, 15) is 14.4 Å². The van der Waals surface area contributed by atoms with Gasteiger partial charge in [0.25, 0.3) is 11.8 Å². The maximum atomic E-state index is 12.6. The summed E-state index contributed by atoms with van der Waals surface area (Å²) in [5.41, 5.74) is 1.29. The zero-order valence-electron chi connectivity index (χ0n) is 14.7. The molecule has 0 bridgehead atoms. The lowest BCUT2D eigenvalue weighted by Crippen LogP contribution is -2.36. The fourth-order valence-electron chi connectivity index (χ4n) is 3.36. The predicted molar refractivity (Wildman–Crippen MR) is 93.5 cm³/mol. The minimum atomic E-state index is -0.312. The second-order valence-corrected chi connectivity index (χ2v) is 6.80. The number of nitrogens with one attached hydrogen (secondary N) is 1. The molecule has 2 aliphatic rings. The molecule has 2 aliphatic heterocycles. The van der Waals surface area contributed by atoms with E-state index in [2.05, 4.69) is 5.32 Å². The van der Waals surface area contributed by atoms with E-state index in [1.165, 1.54) is 4.90 Å². The van der Waals surface area contributed by atoms with Crippen molar-refractivity contribution < 1.29 is 19.1 Å². The summed E-state index contributed by atoms with van der Waals surface area (Å²) in [6, 6.07) is 4.89. The summed E-state index contributed by atoms with van der Waals surface area (Å²) < 4.78 is 5.53. The summed E-state index contributed by atoms with van der Waals surface area (Å²) in [5, 5.41) is 2.83. The Kier molecular flexibility index (Phi) is 5.18. The Hall–Kier alpha value is -2.21. The Morgan fingerprint density at radius 1 is 1.32 bits per heavy atom. The molecule has 1 fully saturated rings. The van der Waals surface area contributed by atoms with Gasteiger partial charge in [0.1, 0.15) is 0 Å². The van der Waals surface area contributed by atoms with Crippen LogP contribution in [0.3, 0.4) is 0 Å². The van der Waals surface area contributed by atoms with Gasteiger partial charge in [0.15, 0.2) is 0 Å². The first-order chi connectivity index (χ1) is 12.0. The molecular weight excluding hydrogens is 320 g/mol. The van der Waals surface area contributed by atoms with Crippen molar-refractivity contribution in [2.75, 3.05) is 18.5 Å². The van der Waals surface area contributed by atoms with Gasteiger partial charge < -0.3 is 10.1 Å². The summed E-state index contributed by atoms with van der Waals surface area (Å²) in [7, 11) is 0. The smallest absolute Gasteiger partial charge is 0.261 e. The number of fused-ring (bicyclic) bond motifs is 1. The number of hydrogen-bond acceptors (Lipinski definition) is 4. The molecule has 0 spiro atoms. The molecule has 0 radical (unpaired) electrons. The zero-order valence-corrected chi connectivity index (χ0v) is 14.7. The largest absolute Gasteiger partial charge is 0.376 e. The third-order valence-corrected chi connectivity index (χ3v) is 4.82. The van der Waals surface area contributed by atoms with Crippen LogP contribution in [0.1, 0.15) is 60.2 Å². The first kappa shape index (κ1) is 17.6. The van der Waals surface area contributed by atoms with Crippen LogP contribution in [0, 0.1) is 5.92 Å². The molecule has 25 heavy (non-hydrogen) atoms. The van der Waals surface area contributed by atoms with Crippen molar-refractivity contribution in [2.45, 2.75) is 45.6 Å². The molecule has 6 heteroatoms. The number of nitrogens with zero attached hydrogens (tertiary/aromatic N) is 1. The molecule has 6 nitrogen and oxygen atoms in total. The Balaban J connectivity index is 1.73. The lowest BCUT2D eigenvalue weighted by Gasteiger charge is -2.17. The third kappa shape index (κ3) is 3.58. The van der Waals surface area contributed by atoms with Gasteiger partial charge in [0.05, 0.1) is 23.8 Å². The first-order valence-corrected chi connectivity index (χ1v) is 8.94. The Morgan fingerprint density at radius 2 is 2.08 bits per heavy atom. The van der Waals surface area contributed by atoms with Crippen molar-refractivity contribution in [3.8, 4) is 0 Å². The molecule has 0 unspecified atom stereocenters. The fraction of sp³-hybridized carbons (Fsp3) is 0.526. The molecule has 0 aromatic heterocycles. The van der Waals surface area contributed by atoms with Crippen molar-refractivity contribution in [1.29, 1.82) is 0 Å². The molecule has 1 aromatic rings. The lowest BCUT2D eigenvalue weighted by atomic mass is 10.0. The number of carbonyl (C=O) groups is 3. The summed E-state index contributed by atoms with van der Waals surface area (Å²) in [6.07, 6.45) is 3.49. The highest BCUT2D eigenvalue weighted by atomic mass is 16.5. The second kappa shape index (κ2) is 7.35. The molecule has 0 saturated carbocycles. The first-order valence-electron chi connectivity index (χ1n) is 8.94. The maximum Gasteiger partial charge on any atom is 0.261 e. The molecule has 1 N–H and O–H groups in total. The molecule has 3 amide bonds. The molecule has 2 heterocycles. The van der Waals surface area contributed by atoms with E-state index >= 15 is 0 Å². The van der Waals surface area contributed by atoms with Crippen molar-refractivity contribution >= 4 is 23.4 Å². The molecule has 134 valence electrons. The Labute approximate surface area is 147 Å². The van der Waals surface area contributed by atoms with Gasteiger partial charge in [-0.1, -0.05) is 20.3 Å². The number of amides is 3. The number of carbonyl (C=O) groups excluding carboxylic acids is 3. The van der Waals surface area contributed by atoms with Crippen LogP contribution in [0.25, 0.3) is 0 Å². The van der Waals surface area contributed by atoms with Gasteiger partial charge in [0.2, 0.25) is 5.91 Å². The quantitative estimate of drug-likeness (QED) is 0.805. The van der Waals surface area contributed by atoms with Crippen LogP contribution in [0.15, 0.2) is 18.2 Å². The zero-order chi connectivity index (χ0) is 18.0. The highest BCUT2D eigenvalue weighted by molar-refractivity contribution is 6.21. The average molecular weight is 344 g/mol. The maximum absolute atomic E-state index is 12.6. The van der Waals surface area contributed by atoms with Crippen LogP contribution in [0.2, 0.25) is 0 Å². The number of rotatable bonds is 6. The van der Waals surface area contributed by atoms with Crippen LogP contribution < -0.4 is 5.32 Å². The van der Waals surface area contributed by atoms with Gasteiger partial charge in [-0.15, -0.1) is 0 Å². The Morgan fingerprint density at radius 3 is 2.76 bits per heavy atom. The number of imide groups is 1. The molecule has 1 aromatic carbocycles. The summed E-state index contributed by atoms with van der Waals surface area (Å²) in [6.45, 7) is 4.89. The van der Waals surface area contributed by atoms with Gasteiger partial charge >= 0.3 is 0 Å². The number of ether oxygens (including phenoxy) is 1. The van der Waals surface area contributed by atoms with Crippen LogP contribution in [-0.4, -0.2) is 41.9 Å². The average Bonchev–Trinajstić information content (AvgIpc) is 3.18. The van der Waals surface area contributed by atoms with Gasteiger partial charge in [-0.2, -0.15) is 0 Å². The number of hydrogen-bond donors (Lipinski definition) is 1. The van der Waals surface area contributed by atoms with E-state index in [-0.39, 0.29) is 29.7 Å². The van der Waals surface area contributed by atoms with E-state index < -0.39 is 0 Å². The molecule has 0 aliphatic carbocycles. The number of benzene rings is 1. The standard InChI is InChI=1S/C19H24N2O4/c1-3-5-12(2)17(22)20-13-7-8-15-16(10-13)19(24)21(18(15)23)11-14-6-4-9-25-14/h7-8,10,12,14H,3-6,9,11H2,1-2H3,(H,20,22)/t12-,14+/m0/s1. The van der Waals surface area contributed by atoms with Crippen molar-refractivity contribution in [3.63, 3.8) is 0 Å². The SMILES string of the molecule is CCC[C@H](C)C(=O)Nc1ccc2c(c1)C(=O)N(C[C@H]1CCCO1)C2=O.